The van der Waals surface area contributed by atoms with E-state index in [0.29, 0.717) is 0 Å². The maximum atomic E-state index is 2.26. The SMILES string of the molecule is CCC.CCC1CC1.CCCCC. The van der Waals surface area contributed by atoms with Gasteiger partial charge in [0.1, 0.15) is 0 Å². The van der Waals surface area contributed by atoms with Crippen LogP contribution in [0.3, 0.4) is 0 Å². The van der Waals surface area contributed by atoms with Gasteiger partial charge in [0.2, 0.25) is 0 Å². The minimum atomic E-state index is 1.13. The number of rotatable bonds is 3. The molecule has 0 aromatic heterocycles. The monoisotopic (exact) mass is 186 g/mol. The van der Waals surface area contributed by atoms with Gasteiger partial charge < -0.3 is 0 Å². The van der Waals surface area contributed by atoms with E-state index in [1.807, 2.05) is 0 Å². The molecule has 0 radical (unpaired) electrons. The largest absolute Gasteiger partial charge is 0.0656 e. The van der Waals surface area contributed by atoms with Crippen LogP contribution in [0.1, 0.15) is 79.6 Å². The van der Waals surface area contributed by atoms with Crippen molar-refractivity contribution in [2.24, 2.45) is 5.92 Å². The van der Waals surface area contributed by atoms with Gasteiger partial charge in [0.15, 0.2) is 0 Å². The van der Waals surface area contributed by atoms with E-state index < -0.39 is 0 Å². The summed E-state index contributed by atoms with van der Waals surface area (Å²) in [5.41, 5.74) is 0. The van der Waals surface area contributed by atoms with Crippen LogP contribution in [0, 0.1) is 5.92 Å². The molecule has 0 amide bonds. The van der Waals surface area contributed by atoms with E-state index in [1.165, 1.54) is 44.9 Å². The van der Waals surface area contributed by atoms with Crippen LogP contribution >= 0.6 is 0 Å². The number of hydrogen-bond donors (Lipinski definition) is 0. The smallest absolute Gasteiger partial charge is 0.0417 e. The Morgan fingerprint density at radius 2 is 1.23 bits per heavy atom. The van der Waals surface area contributed by atoms with E-state index >= 15 is 0 Å². The first-order valence-electron chi connectivity index (χ1n) is 6.26. The van der Waals surface area contributed by atoms with Crippen molar-refractivity contribution in [2.45, 2.75) is 79.6 Å². The lowest BCUT2D eigenvalue weighted by atomic mass is 10.3. The van der Waals surface area contributed by atoms with Crippen LogP contribution in [-0.2, 0) is 0 Å². The molecule has 0 N–H and O–H groups in total. The Hall–Kier alpha value is 0. The first-order chi connectivity index (χ1) is 6.26. The minimum absolute atomic E-state index is 1.13. The fraction of sp³-hybridized carbons (Fsp3) is 1.00. The van der Waals surface area contributed by atoms with Gasteiger partial charge in [-0.2, -0.15) is 0 Å². The normalized spacial score (nSPS) is 13.6. The lowest BCUT2D eigenvalue weighted by Crippen LogP contribution is -1.59. The highest BCUT2D eigenvalue weighted by atomic mass is 14.2. The third-order valence-electron chi connectivity index (χ3n) is 1.98. The number of unbranched alkanes of at least 4 members (excludes halogenated alkanes) is 2. The Labute approximate surface area is 86.1 Å². The summed E-state index contributed by atoms with van der Waals surface area (Å²) in [5, 5.41) is 0. The predicted molar refractivity (Wildman–Crippen MR) is 64.2 cm³/mol. The van der Waals surface area contributed by atoms with E-state index in [4.69, 9.17) is 0 Å². The van der Waals surface area contributed by atoms with Gasteiger partial charge in [0.05, 0.1) is 0 Å². The highest BCUT2D eigenvalue weighted by Crippen LogP contribution is 2.31. The molecule has 1 aliphatic rings. The Morgan fingerprint density at radius 3 is 1.23 bits per heavy atom. The molecule has 0 saturated heterocycles. The van der Waals surface area contributed by atoms with Gasteiger partial charge in [-0.05, 0) is 5.92 Å². The summed E-state index contributed by atoms with van der Waals surface area (Å²) < 4.78 is 0. The van der Waals surface area contributed by atoms with Crippen LogP contribution in [-0.4, -0.2) is 0 Å². The fourth-order valence-corrected chi connectivity index (χ4v) is 0.880. The molecule has 1 aliphatic carbocycles. The molecule has 0 bridgehead atoms. The molecule has 0 heterocycles. The van der Waals surface area contributed by atoms with Gasteiger partial charge in [-0.15, -0.1) is 0 Å². The minimum Gasteiger partial charge on any atom is -0.0656 e. The van der Waals surface area contributed by atoms with E-state index in [0.717, 1.165) is 5.92 Å². The summed E-state index contributed by atoms with van der Waals surface area (Å²) in [6.07, 6.45) is 9.76. The standard InChI is InChI=1S/C5H10.C5H12.C3H8/c1-2-5-3-4-5;1-3-5-4-2;1-3-2/h5H,2-4H2,1H3;3-5H2,1-2H3;3H2,1-2H3. The molecule has 0 aromatic rings. The Morgan fingerprint density at radius 1 is 0.846 bits per heavy atom. The van der Waals surface area contributed by atoms with Gasteiger partial charge in [-0.3, -0.25) is 0 Å². The van der Waals surface area contributed by atoms with Gasteiger partial charge in [0, 0.05) is 0 Å². The molecule has 13 heavy (non-hydrogen) atoms. The van der Waals surface area contributed by atoms with Gasteiger partial charge in [0.25, 0.3) is 0 Å². The second-order valence-electron chi connectivity index (χ2n) is 3.91. The third-order valence-corrected chi connectivity index (χ3v) is 1.98. The van der Waals surface area contributed by atoms with Crippen molar-refractivity contribution in [3.8, 4) is 0 Å². The van der Waals surface area contributed by atoms with Gasteiger partial charge in [-0.1, -0.05) is 79.6 Å². The zero-order chi connectivity index (χ0) is 10.5. The zero-order valence-electron chi connectivity index (χ0n) is 10.5. The summed E-state index contributed by atoms with van der Waals surface area (Å²) in [6.45, 7) is 10.9. The third kappa shape index (κ3) is 24.5. The maximum Gasteiger partial charge on any atom is -0.0417 e. The molecular formula is C13H30. The first kappa shape index (κ1) is 15.5. The summed E-state index contributed by atoms with van der Waals surface area (Å²) in [7, 11) is 0. The summed E-state index contributed by atoms with van der Waals surface area (Å²) in [5.74, 6) is 1.13. The molecule has 1 saturated carbocycles. The molecule has 0 heteroatoms. The number of hydrogen-bond acceptors (Lipinski definition) is 0. The lowest BCUT2D eigenvalue weighted by molar-refractivity contribution is 0.772. The highest BCUT2D eigenvalue weighted by Gasteiger charge is 2.17. The summed E-state index contributed by atoms with van der Waals surface area (Å²) in [4.78, 5) is 0. The molecule has 0 aliphatic heterocycles. The van der Waals surface area contributed by atoms with E-state index in [-0.39, 0.29) is 0 Å². The maximum absolute atomic E-state index is 2.26. The summed E-state index contributed by atoms with van der Waals surface area (Å²) >= 11 is 0. The zero-order valence-corrected chi connectivity index (χ0v) is 10.5. The molecule has 1 rings (SSSR count). The van der Waals surface area contributed by atoms with E-state index in [2.05, 4.69) is 34.6 Å². The van der Waals surface area contributed by atoms with Crippen molar-refractivity contribution < 1.29 is 0 Å². The Kier molecular flexibility index (Phi) is 17.3. The van der Waals surface area contributed by atoms with Crippen LogP contribution < -0.4 is 0 Å². The second kappa shape index (κ2) is 14.5. The van der Waals surface area contributed by atoms with Crippen molar-refractivity contribution in [1.82, 2.24) is 0 Å². The van der Waals surface area contributed by atoms with Gasteiger partial charge in [-0.25, -0.2) is 0 Å². The molecule has 0 unspecified atom stereocenters. The summed E-state index contributed by atoms with van der Waals surface area (Å²) in [6, 6.07) is 0. The molecular weight excluding hydrogens is 156 g/mol. The average Bonchev–Trinajstić information content (AvgIpc) is 2.90. The van der Waals surface area contributed by atoms with Crippen LogP contribution in [0.15, 0.2) is 0 Å². The van der Waals surface area contributed by atoms with E-state index in [1.54, 1.807) is 0 Å². The highest BCUT2D eigenvalue weighted by molar-refractivity contribution is 4.69. The van der Waals surface area contributed by atoms with Crippen molar-refractivity contribution in [3.05, 3.63) is 0 Å². The van der Waals surface area contributed by atoms with Crippen LogP contribution in [0.5, 0.6) is 0 Å². The molecule has 0 aromatic carbocycles. The topological polar surface area (TPSA) is 0 Å². The van der Waals surface area contributed by atoms with Crippen LogP contribution in [0.25, 0.3) is 0 Å². The molecule has 82 valence electrons. The lowest BCUT2D eigenvalue weighted by Gasteiger charge is -1.79. The molecule has 0 spiro atoms. The Balaban J connectivity index is 0. The van der Waals surface area contributed by atoms with Crippen molar-refractivity contribution in [1.29, 1.82) is 0 Å². The van der Waals surface area contributed by atoms with Crippen LogP contribution in [0.4, 0.5) is 0 Å². The molecule has 0 nitrogen and oxygen atoms in total. The van der Waals surface area contributed by atoms with Crippen molar-refractivity contribution in [2.75, 3.05) is 0 Å². The fourth-order valence-electron chi connectivity index (χ4n) is 0.880. The molecule has 0 atom stereocenters. The average molecular weight is 186 g/mol. The van der Waals surface area contributed by atoms with Crippen molar-refractivity contribution in [3.63, 3.8) is 0 Å². The Bertz CT molecular complexity index is 60.4. The predicted octanol–water partition coefficient (Wildman–Crippen LogP) is 5.42. The molecule has 1 fully saturated rings. The first-order valence-corrected chi connectivity index (χ1v) is 6.26. The second-order valence-corrected chi connectivity index (χ2v) is 3.91. The quantitative estimate of drug-likeness (QED) is 0.552. The van der Waals surface area contributed by atoms with Crippen molar-refractivity contribution >= 4 is 0 Å². The van der Waals surface area contributed by atoms with Gasteiger partial charge >= 0.3 is 0 Å². The van der Waals surface area contributed by atoms with Crippen LogP contribution in [0.2, 0.25) is 0 Å². The van der Waals surface area contributed by atoms with E-state index in [9.17, 15) is 0 Å².